The summed E-state index contributed by atoms with van der Waals surface area (Å²) in [7, 11) is 0. The van der Waals surface area contributed by atoms with Crippen molar-refractivity contribution in [3.05, 3.63) is 58.3 Å². The molecule has 0 radical (unpaired) electrons. The summed E-state index contributed by atoms with van der Waals surface area (Å²) in [5.41, 5.74) is 1.34. The maximum absolute atomic E-state index is 13.2. The summed E-state index contributed by atoms with van der Waals surface area (Å²) in [6, 6.07) is 11.3. The van der Waals surface area contributed by atoms with E-state index in [0.717, 1.165) is 18.4 Å². The number of anilines is 1. The van der Waals surface area contributed by atoms with Gasteiger partial charge in [-0.1, -0.05) is 35.0 Å². The Bertz CT molecular complexity index is 1000. The van der Waals surface area contributed by atoms with Gasteiger partial charge in [-0.25, -0.2) is 4.39 Å². The van der Waals surface area contributed by atoms with E-state index in [1.807, 2.05) is 4.57 Å². The summed E-state index contributed by atoms with van der Waals surface area (Å²) in [6.45, 7) is 0. The monoisotopic (exact) mass is 436 g/mol. The van der Waals surface area contributed by atoms with E-state index in [1.54, 1.807) is 30.3 Å². The van der Waals surface area contributed by atoms with Crippen molar-refractivity contribution in [1.29, 1.82) is 0 Å². The van der Waals surface area contributed by atoms with Crippen molar-refractivity contribution in [2.24, 2.45) is 0 Å². The molecule has 0 saturated heterocycles. The highest BCUT2D eigenvalue weighted by molar-refractivity contribution is 7.99. The molecule has 1 saturated carbocycles. The molecule has 0 bridgehead atoms. The standard InChI is InChI=1S/C19H15Cl2FN4OS/c20-12-7-13(21)9-15(8-12)23-17(27)10-28-19-25-24-18(26(19)16-5-6-16)11-1-3-14(22)4-2-11/h1-4,7-9,16H,5-6,10H2,(H,23,27). The number of halogens is 3. The molecule has 1 amide bonds. The molecule has 3 aromatic rings. The highest BCUT2D eigenvalue weighted by Crippen LogP contribution is 2.41. The molecule has 28 heavy (non-hydrogen) atoms. The van der Waals surface area contributed by atoms with Crippen LogP contribution in [0.15, 0.2) is 47.6 Å². The van der Waals surface area contributed by atoms with Crippen molar-refractivity contribution < 1.29 is 9.18 Å². The molecule has 5 nitrogen and oxygen atoms in total. The van der Waals surface area contributed by atoms with Crippen LogP contribution in [0.5, 0.6) is 0 Å². The fourth-order valence-electron chi connectivity index (χ4n) is 2.79. The summed E-state index contributed by atoms with van der Waals surface area (Å²) in [4.78, 5) is 12.3. The second-order valence-corrected chi connectivity index (χ2v) is 8.22. The van der Waals surface area contributed by atoms with Gasteiger partial charge in [-0.3, -0.25) is 9.36 Å². The van der Waals surface area contributed by atoms with Crippen molar-refractivity contribution in [2.45, 2.75) is 24.0 Å². The Morgan fingerprint density at radius 3 is 2.46 bits per heavy atom. The molecule has 0 spiro atoms. The number of benzene rings is 2. The normalized spacial score (nSPS) is 13.5. The molecule has 1 aliphatic rings. The molecule has 144 valence electrons. The summed E-state index contributed by atoms with van der Waals surface area (Å²) in [6.07, 6.45) is 2.07. The number of amides is 1. The molecular weight excluding hydrogens is 422 g/mol. The third-order valence-electron chi connectivity index (χ3n) is 4.16. The SMILES string of the molecule is O=C(CSc1nnc(-c2ccc(F)cc2)n1C1CC1)Nc1cc(Cl)cc(Cl)c1. The third kappa shape index (κ3) is 4.48. The average Bonchev–Trinajstić information content (AvgIpc) is 3.39. The number of nitrogens with zero attached hydrogens (tertiary/aromatic N) is 3. The van der Waals surface area contributed by atoms with E-state index < -0.39 is 0 Å². The van der Waals surface area contributed by atoms with E-state index in [-0.39, 0.29) is 17.5 Å². The summed E-state index contributed by atoms with van der Waals surface area (Å²) in [5.74, 6) is 0.357. The molecule has 1 N–H and O–H groups in total. The second kappa shape index (κ2) is 8.11. The molecule has 0 atom stereocenters. The number of nitrogens with one attached hydrogen (secondary N) is 1. The zero-order chi connectivity index (χ0) is 19.7. The molecule has 4 rings (SSSR count). The van der Waals surface area contributed by atoms with Gasteiger partial charge in [-0.05, 0) is 55.3 Å². The number of carbonyl (C=O) groups excluding carboxylic acids is 1. The van der Waals surface area contributed by atoms with Crippen LogP contribution in [0.1, 0.15) is 18.9 Å². The van der Waals surface area contributed by atoms with Gasteiger partial charge in [0.05, 0.1) is 5.75 Å². The van der Waals surface area contributed by atoms with E-state index in [1.165, 1.54) is 23.9 Å². The Morgan fingerprint density at radius 2 is 1.82 bits per heavy atom. The van der Waals surface area contributed by atoms with Crippen LogP contribution in [-0.4, -0.2) is 26.4 Å². The Balaban J connectivity index is 1.47. The Kier molecular flexibility index (Phi) is 5.57. The number of rotatable bonds is 6. The zero-order valence-electron chi connectivity index (χ0n) is 14.5. The third-order valence-corrected chi connectivity index (χ3v) is 5.54. The molecule has 1 aliphatic carbocycles. The van der Waals surface area contributed by atoms with Gasteiger partial charge in [-0.2, -0.15) is 0 Å². The summed E-state index contributed by atoms with van der Waals surface area (Å²) in [5, 5.41) is 12.9. The van der Waals surface area contributed by atoms with E-state index in [0.29, 0.717) is 32.8 Å². The molecule has 9 heteroatoms. The van der Waals surface area contributed by atoms with Crippen LogP contribution in [0, 0.1) is 5.82 Å². The lowest BCUT2D eigenvalue weighted by molar-refractivity contribution is -0.113. The molecule has 2 aromatic carbocycles. The van der Waals surface area contributed by atoms with Gasteiger partial charge in [0.1, 0.15) is 5.82 Å². The van der Waals surface area contributed by atoms with Crippen molar-refractivity contribution >= 4 is 46.6 Å². The lowest BCUT2D eigenvalue weighted by atomic mass is 10.2. The van der Waals surface area contributed by atoms with E-state index in [9.17, 15) is 9.18 Å². The zero-order valence-corrected chi connectivity index (χ0v) is 16.9. The summed E-state index contributed by atoms with van der Waals surface area (Å²) < 4.78 is 15.2. The first-order valence-corrected chi connectivity index (χ1v) is 10.3. The Labute approximate surface area is 175 Å². The van der Waals surface area contributed by atoms with Crippen LogP contribution in [0.3, 0.4) is 0 Å². The van der Waals surface area contributed by atoms with Crippen LogP contribution in [0.4, 0.5) is 10.1 Å². The fourth-order valence-corrected chi connectivity index (χ4v) is 4.12. The molecule has 1 heterocycles. The number of carbonyl (C=O) groups is 1. The van der Waals surface area contributed by atoms with Gasteiger partial charge < -0.3 is 5.32 Å². The molecule has 1 fully saturated rings. The lowest BCUT2D eigenvalue weighted by Gasteiger charge is -2.09. The van der Waals surface area contributed by atoms with Crippen molar-refractivity contribution in [3.8, 4) is 11.4 Å². The minimum Gasteiger partial charge on any atom is -0.325 e. The van der Waals surface area contributed by atoms with Gasteiger partial charge >= 0.3 is 0 Å². The Hall–Kier alpha value is -2.09. The van der Waals surface area contributed by atoms with Crippen LogP contribution >= 0.6 is 35.0 Å². The topological polar surface area (TPSA) is 59.8 Å². The van der Waals surface area contributed by atoms with Crippen molar-refractivity contribution in [1.82, 2.24) is 14.8 Å². The largest absolute Gasteiger partial charge is 0.325 e. The fraction of sp³-hybridized carbons (Fsp3) is 0.211. The minimum atomic E-state index is -0.298. The van der Waals surface area contributed by atoms with Crippen molar-refractivity contribution in [3.63, 3.8) is 0 Å². The van der Waals surface area contributed by atoms with Crippen LogP contribution in [-0.2, 0) is 4.79 Å². The molecule has 0 unspecified atom stereocenters. The van der Waals surface area contributed by atoms with E-state index >= 15 is 0 Å². The van der Waals surface area contributed by atoms with Crippen LogP contribution < -0.4 is 5.32 Å². The van der Waals surface area contributed by atoms with Gasteiger partial charge in [0.15, 0.2) is 11.0 Å². The smallest absolute Gasteiger partial charge is 0.234 e. The Morgan fingerprint density at radius 1 is 1.14 bits per heavy atom. The predicted molar refractivity (Wildman–Crippen MR) is 110 cm³/mol. The van der Waals surface area contributed by atoms with Crippen LogP contribution in [0.2, 0.25) is 10.0 Å². The molecule has 1 aromatic heterocycles. The molecule has 0 aliphatic heterocycles. The summed E-state index contributed by atoms with van der Waals surface area (Å²) >= 11 is 13.2. The highest BCUT2D eigenvalue weighted by atomic mass is 35.5. The van der Waals surface area contributed by atoms with Gasteiger partial charge in [0.2, 0.25) is 5.91 Å². The maximum Gasteiger partial charge on any atom is 0.234 e. The van der Waals surface area contributed by atoms with E-state index in [4.69, 9.17) is 23.2 Å². The first-order chi connectivity index (χ1) is 13.5. The number of aromatic nitrogens is 3. The predicted octanol–water partition coefficient (Wildman–Crippen LogP) is 5.46. The second-order valence-electron chi connectivity index (χ2n) is 6.41. The van der Waals surface area contributed by atoms with Crippen molar-refractivity contribution in [2.75, 3.05) is 11.1 Å². The highest BCUT2D eigenvalue weighted by Gasteiger charge is 2.30. The number of hydrogen-bond donors (Lipinski definition) is 1. The van der Waals surface area contributed by atoms with Gasteiger partial charge in [0.25, 0.3) is 0 Å². The average molecular weight is 437 g/mol. The quantitative estimate of drug-likeness (QED) is 0.521. The van der Waals surface area contributed by atoms with E-state index in [2.05, 4.69) is 15.5 Å². The first kappa shape index (κ1) is 19.2. The minimum absolute atomic E-state index is 0.165. The first-order valence-electron chi connectivity index (χ1n) is 8.59. The van der Waals surface area contributed by atoms with Gasteiger partial charge in [0, 0.05) is 27.3 Å². The number of hydrogen-bond acceptors (Lipinski definition) is 4. The maximum atomic E-state index is 13.2. The lowest BCUT2D eigenvalue weighted by Crippen LogP contribution is -2.14. The molecular formula is C19H15Cl2FN4OS. The van der Waals surface area contributed by atoms with Gasteiger partial charge in [-0.15, -0.1) is 10.2 Å². The number of thioether (sulfide) groups is 1. The van der Waals surface area contributed by atoms with Crippen LogP contribution in [0.25, 0.3) is 11.4 Å².